The molecule has 0 spiro atoms. The largest absolute Gasteiger partial charge is 0.330 e. The maximum Gasteiger partial charge on any atom is 0.107 e. The van der Waals surface area contributed by atoms with Crippen LogP contribution in [-0.4, -0.2) is 18.9 Å². The lowest BCUT2D eigenvalue weighted by atomic mass is 9.87. The second-order valence-electron chi connectivity index (χ2n) is 2.92. The Hall–Kier alpha value is -0.180. The molecule has 60 valence electrons. The Kier molecular flexibility index (Phi) is 2.60. The van der Waals surface area contributed by atoms with E-state index in [0.717, 1.165) is 0 Å². The summed E-state index contributed by atoms with van der Waals surface area (Å²) in [6, 6.07) is 0. The summed E-state index contributed by atoms with van der Waals surface area (Å²) in [4.78, 5) is 0. The second-order valence-corrected chi connectivity index (χ2v) is 2.92. The maximum atomic E-state index is 12.8. The SMILES string of the molecule is NCC1CCC(F)CC1F. The van der Waals surface area contributed by atoms with E-state index in [9.17, 15) is 8.78 Å². The van der Waals surface area contributed by atoms with Gasteiger partial charge in [-0.05, 0) is 19.4 Å². The first-order chi connectivity index (χ1) is 4.74. The molecule has 1 aliphatic rings. The minimum absolute atomic E-state index is 0.0574. The van der Waals surface area contributed by atoms with E-state index in [0.29, 0.717) is 19.4 Å². The fraction of sp³-hybridized carbons (Fsp3) is 1.00. The van der Waals surface area contributed by atoms with Gasteiger partial charge in [-0.2, -0.15) is 0 Å². The first-order valence-corrected chi connectivity index (χ1v) is 3.72. The smallest absolute Gasteiger partial charge is 0.107 e. The number of hydrogen-bond acceptors (Lipinski definition) is 1. The van der Waals surface area contributed by atoms with E-state index < -0.39 is 12.3 Å². The lowest BCUT2D eigenvalue weighted by Gasteiger charge is -2.26. The van der Waals surface area contributed by atoms with Gasteiger partial charge in [0.2, 0.25) is 0 Å². The monoisotopic (exact) mass is 149 g/mol. The Morgan fingerprint density at radius 3 is 2.50 bits per heavy atom. The predicted molar refractivity (Wildman–Crippen MR) is 36.2 cm³/mol. The van der Waals surface area contributed by atoms with Gasteiger partial charge in [-0.15, -0.1) is 0 Å². The Morgan fingerprint density at radius 2 is 2.00 bits per heavy atom. The first kappa shape index (κ1) is 7.92. The summed E-state index contributed by atoms with van der Waals surface area (Å²) in [5.41, 5.74) is 5.28. The molecule has 0 amide bonds. The van der Waals surface area contributed by atoms with Crippen molar-refractivity contribution < 1.29 is 8.78 Å². The third kappa shape index (κ3) is 1.66. The van der Waals surface area contributed by atoms with Gasteiger partial charge in [-0.3, -0.25) is 0 Å². The molecule has 3 atom stereocenters. The molecule has 0 aliphatic heterocycles. The fourth-order valence-electron chi connectivity index (χ4n) is 1.40. The fourth-order valence-corrected chi connectivity index (χ4v) is 1.40. The molecule has 1 aliphatic carbocycles. The first-order valence-electron chi connectivity index (χ1n) is 3.72. The number of halogens is 2. The van der Waals surface area contributed by atoms with E-state index in [2.05, 4.69) is 0 Å². The van der Waals surface area contributed by atoms with Crippen LogP contribution in [0.1, 0.15) is 19.3 Å². The highest BCUT2D eigenvalue weighted by atomic mass is 19.1. The lowest BCUT2D eigenvalue weighted by molar-refractivity contribution is 0.106. The van der Waals surface area contributed by atoms with Gasteiger partial charge in [0, 0.05) is 12.3 Å². The zero-order valence-corrected chi connectivity index (χ0v) is 5.89. The van der Waals surface area contributed by atoms with Crippen LogP contribution >= 0.6 is 0 Å². The van der Waals surface area contributed by atoms with E-state index >= 15 is 0 Å². The minimum atomic E-state index is -1.01. The summed E-state index contributed by atoms with van der Waals surface area (Å²) < 4.78 is 25.2. The second kappa shape index (κ2) is 3.28. The molecule has 0 aromatic heterocycles. The van der Waals surface area contributed by atoms with Gasteiger partial charge in [0.15, 0.2) is 0 Å². The summed E-state index contributed by atoms with van der Waals surface area (Å²) in [6.07, 6.45) is -0.783. The number of nitrogens with two attached hydrogens (primary N) is 1. The van der Waals surface area contributed by atoms with Crippen molar-refractivity contribution in [3.05, 3.63) is 0 Å². The Bertz CT molecular complexity index is 108. The van der Waals surface area contributed by atoms with Crippen molar-refractivity contribution in [2.75, 3.05) is 6.54 Å². The average Bonchev–Trinajstić information content (AvgIpc) is 1.88. The summed E-state index contributed by atoms with van der Waals surface area (Å²) >= 11 is 0. The van der Waals surface area contributed by atoms with Crippen LogP contribution in [0, 0.1) is 5.92 Å². The van der Waals surface area contributed by atoms with E-state index in [-0.39, 0.29) is 12.3 Å². The van der Waals surface area contributed by atoms with E-state index in [1.807, 2.05) is 0 Å². The Morgan fingerprint density at radius 1 is 1.30 bits per heavy atom. The van der Waals surface area contributed by atoms with Crippen LogP contribution in [0.5, 0.6) is 0 Å². The normalized spacial score (nSPS) is 41.7. The molecule has 0 aromatic rings. The van der Waals surface area contributed by atoms with Gasteiger partial charge in [-0.1, -0.05) is 0 Å². The molecule has 10 heavy (non-hydrogen) atoms. The molecule has 2 N–H and O–H groups in total. The third-order valence-corrected chi connectivity index (χ3v) is 2.15. The molecular weight excluding hydrogens is 136 g/mol. The van der Waals surface area contributed by atoms with Crippen molar-refractivity contribution in [2.24, 2.45) is 11.7 Å². The summed E-state index contributed by atoms with van der Waals surface area (Å²) in [6.45, 7) is 0.355. The van der Waals surface area contributed by atoms with E-state index in [4.69, 9.17) is 5.73 Å². The Labute approximate surface area is 59.6 Å². The Balaban J connectivity index is 2.36. The molecule has 1 nitrogen and oxygen atoms in total. The minimum Gasteiger partial charge on any atom is -0.330 e. The molecule has 0 radical (unpaired) electrons. The van der Waals surface area contributed by atoms with Crippen molar-refractivity contribution in [3.63, 3.8) is 0 Å². The van der Waals surface area contributed by atoms with Crippen LogP contribution in [0.4, 0.5) is 8.78 Å². The van der Waals surface area contributed by atoms with Gasteiger partial charge >= 0.3 is 0 Å². The molecule has 1 rings (SSSR count). The van der Waals surface area contributed by atoms with Gasteiger partial charge < -0.3 is 5.73 Å². The number of hydrogen-bond donors (Lipinski definition) is 1. The summed E-state index contributed by atoms with van der Waals surface area (Å²) in [5, 5.41) is 0. The van der Waals surface area contributed by atoms with Crippen molar-refractivity contribution in [1.29, 1.82) is 0 Å². The van der Waals surface area contributed by atoms with E-state index in [1.165, 1.54) is 0 Å². The van der Waals surface area contributed by atoms with Crippen LogP contribution in [0.25, 0.3) is 0 Å². The van der Waals surface area contributed by atoms with Crippen LogP contribution in [-0.2, 0) is 0 Å². The molecular formula is C7H13F2N. The standard InChI is InChI=1S/C7H13F2N/c8-6-2-1-5(4-10)7(9)3-6/h5-7H,1-4,10H2. The molecule has 0 bridgehead atoms. The number of rotatable bonds is 1. The highest BCUT2D eigenvalue weighted by Crippen LogP contribution is 2.27. The molecule has 0 saturated heterocycles. The van der Waals surface area contributed by atoms with Crippen LogP contribution in [0.2, 0.25) is 0 Å². The highest BCUT2D eigenvalue weighted by Gasteiger charge is 2.29. The van der Waals surface area contributed by atoms with Gasteiger partial charge in [0.25, 0.3) is 0 Å². The van der Waals surface area contributed by atoms with Crippen LogP contribution < -0.4 is 5.73 Å². The lowest BCUT2D eigenvalue weighted by Crippen LogP contribution is -2.32. The predicted octanol–water partition coefficient (Wildman–Crippen LogP) is 1.42. The van der Waals surface area contributed by atoms with Crippen molar-refractivity contribution in [1.82, 2.24) is 0 Å². The average molecular weight is 149 g/mol. The van der Waals surface area contributed by atoms with Crippen molar-refractivity contribution >= 4 is 0 Å². The summed E-state index contributed by atoms with van der Waals surface area (Å²) in [5.74, 6) is -0.0907. The third-order valence-electron chi connectivity index (χ3n) is 2.15. The topological polar surface area (TPSA) is 26.0 Å². The van der Waals surface area contributed by atoms with E-state index in [1.54, 1.807) is 0 Å². The van der Waals surface area contributed by atoms with Gasteiger partial charge in [0.05, 0.1) is 0 Å². The van der Waals surface area contributed by atoms with Gasteiger partial charge in [0.1, 0.15) is 12.3 Å². The zero-order valence-electron chi connectivity index (χ0n) is 5.89. The van der Waals surface area contributed by atoms with Gasteiger partial charge in [-0.25, -0.2) is 8.78 Å². The molecule has 1 fully saturated rings. The quantitative estimate of drug-likeness (QED) is 0.599. The maximum absolute atomic E-state index is 12.8. The van der Waals surface area contributed by atoms with Crippen LogP contribution in [0.15, 0.2) is 0 Å². The molecule has 3 heteroatoms. The van der Waals surface area contributed by atoms with Crippen molar-refractivity contribution in [3.8, 4) is 0 Å². The zero-order chi connectivity index (χ0) is 7.56. The summed E-state index contributed by atoms with van der Waals surface area (Å²) in [7, 11) is 0. The molecule has 3 unspecified atom stereocenters. The number of alkyl halides is 2. The van der Waals surface area contributed by atoms with Crippen molar-refractivity contribution in [2.45, 2.75) is 31.6 Å². The molecule has 0 heterocycles. The molecule has 1 saturated carbocycles. The highest BCUT2D eigenvalue weighted by molar-refractivity contribution is 4.80. The molecule has 0 aromatic carbocycles. The van der Waals surface area contributed by atoms with Crippen LogP contribution in [0.3, 0.4) is 0 Å².